The van der Waals surface area contributed by atoms with Crippen molar-refractivity contribution in [3.8, 4) is 0 Å². The van der Waals surface area contributed by atoms with Gasteiger partial charge in [-0.15, -0.1) is 0 Å². The predicted octanol–water partition coefficient (Wildman–Crippen LogP) is 3.03. The third kappa shape index (κ3) is 5.34. The number of hydrogen-bond acceptors (Lipinski definition) is 6. The van der Waals surface area contributed by atoms with Gasteiger partial charge in [-0.05, 0) is 37.5 Å². The van der Waals surface area contributed by atoms with Gasteiger partial charge in [-0.1, -0.05) is 25.9 Å². The number of benzene rings is 1. The number of primary amides is 1. The van der Waals surface area contributed by atoms with Crippen LogP contribution in [0.15, 0.2) is 22.7 Å². The van der Waals surface area contributed by atoms with Gasteiger partial charge in [0.25, 0.3) is 0 Å². The van der Waals surface area contributed by atoms with Crippen LogP contribution in [0.3, 0.4) is 0 Å². The molecule has 1 aliphatic rings. The number of nitrogens with one attached hydrogen (secondary N) is 1. The van der Waals surface area contributed by atoms with Gasteiger partial charge in [-0.2, -0.15) is 4.98 Å². The molecule has 8 nitrogen and oxygen atoms in total. The van der Waals surface area contributed by atoms with Crippen LogP contribution in [0, 0.1) is 0 Å². The Morgan fingerprint density at radius 1 is 1.24 bits per heavy atom. The smallest absolute Gasteiger partial charge is 0.248 e. The lowest BCUT2D eigenvalue weighted by Crippen LogP contribution is -2.22. The molecule has 2 amide bonds. The third-order valence-electron chi connectivity index (χ3n) is 4.94. The zero-order valence-corrected chi connectivity index (χ0v) is 17.3. The Labute approximate surface area is 170 Å². The van der Waals surface area contributed by atoms with Gasteiger partial charge >= 0.3 is 0 Å². The molecular formula is C21H29N5O3. The number of nitrogens with two attached hydrogens (primary N) is 1. The predicted molar refractivity (Wildman–Crippen MR) is 111 cm³/mol. The minimum Gasteiger partial charge on any atom is -0.370 e. The fraction of sp³-hybridized carbons (Fsp3) is 0.524. The second-order valence-electron chi connectivity index (χ2n) is 8.45. The van der Waals surface area contributed by atoms with E-state index in [0.29, 0.717) is 42.2 Å². The van der Waals surface area contributed by atoms with Gasteiger partial charge < -0.3 is 20.5 Å². The van der Waals surface area contributed by atoms with Crippen LogP contribution in [0.4, 0.5) is 11.4 Å². The summed E-state index contributed by atoms with van der Waals surface area (Å²) in [4.78, 5) is 30.7. The molecule has 3 N–H and O–H groups in total. The molecule has 0 aliphatic carbocycles. The Balaban J connectivity index is 1.61. The first-order valence-corrected chi connectivity index (χ1v) is 10.1. The van der Waals surface area contributed by atoms with Gasteiger partial charge in [0.2, 0.25) is 17.7 Å². The molecule has 8 heteroatoms. The number of aromatic nitrogens is 2. The molecule has 0 saturated carbocycles. The molecule has 2 aromatic rings. The zero-order chi connectivity index (χ0) is 21.0. The maximum atomic E-state index is 12.5. The van der Waals surface area contributed by atoms with Crippen molar-refractivity contribution in [2.75, 3.05) is 23.3 Å². The largest absolute Gasteiger partial charge is 0.370 e. The van der Waals surface area contributed by atoms with Crippen molar-refractivity contribution in [2.24, 2.45) is 5.73 Å². The average molecular weight is 399 g/mol. The van der Waals surface area contributed by atoms with Crippen LogP contribution in [0.25, 0.3) is 0 Å². The van der Waals surface area contributed by atoms with Crippen molar-refractivity contribution in [1.82, 2.24) is 10.1 Å². The van der Waals surface area contributed by atoms with E-state index < -0.39 is 5.91 Å². The van der Waals surface area contributed by atoms with Crippen LogP contribution in [0.5, 0.6) is 0 Å². The van der Waals surface area contributed by atoms with Crippen LogP contribution in [-0.2, 0) is 16.6 Å². The minimum atomic E-state index is -0.514. The summed E-state index contributed by atoms with van der Waals surface area (Å²) < 4.78 is 5.27. The lowest BCUT2D eigenvalue weighted by Gasteiger charge is -2.22. The van der Waals surface area contributed by atoms with Gasteiger partial charge in [0.05, 0.1) is 11.4 Å². The van der Waals surface area contributed by atoms with Gasteiger partial charge in [-0.25, -0.2) is 0 Å². The van der Waals surface area contributed by atoms with Gasteiger partial charge in [-0.3, -0.25) is 9.59 Å². The quantitative estimate of drug-likeness (QED) is 0.740. The first-order valence-electron chi connectivity index (χ1n) is 10.1. The molecule has 3 rings (SSSR count). The number of rotatable bonds is 7. The van der Waals surface area contributed by atoms with E-state index in [2.05, 4.69) is 20.4 Å². The molecule has 2 heterocycles. The molecule has 1 aromatic carbocycles. The Morgan fingerprint density at radius 2 is 1.97 bits per heavy atom. The summed E-state index contributed by atoms with van der Waals surface area (Å²) in [5, 5.41) is 6.94. The van der Waals surface area contributed by atoms with Crippen molar-refractivity contribution in [2.45, 2.75) is 58.3 Å². The number of nitrogens with zero attached hydrogens (tertiary/aromatic N) is 3. The molecule has 1 aromatic heterocycles. The summed E-state index contributed by atoms with van der Waals surface area (Å²) in [6.45, 7) is 7.94. The molecule has 0 bridgehead atoms. The maximum absolute atomic E-state index is 12.5. The summed E-state index contributed by atoms with van der Waals surface area (Å²) in [6, 6.07) is 5.21. The molecule has 0 radical (unpaired) electrons. The van der Waals surface area contributed by atoms with Crippen LogP contribution in [0.2, 0.25) is 0 Å². The average Bonchev–Trinajstić information content (AvgIpc) is 3.33. The van der Waals surface area contributed by atoms with Crippen molar-refractivity contribution in [3.63, 3.8) is 0 Å². The fourth-order valence-corrected chi connectivity index (χ4v) is 3.30. The van der Waals surface area contributed by atoms with E-state index in [1.165, 1.54) is 0 Å². The highest BCUT2D eigenvalue weighted by molar-refractivity contribution is 5.99. The van der Waals surface area contributed by atoms with Gasteiger partial charge in [0.15, 0.2) is 5.82 Å². The van der Waals surface area contributed by atoms with Crippen LogP contribution in [-0.4, -0.2) is 35.0 Å². The van der Waals surface area contributed by atoms with Crippen LogP contribution < -0.4 is 16.0 Å². The van der Waals surface area contributed by atoms with E-state index in [1.807, 2.05) is 26.8 Å². The Bertz CT molecular complexity index is 879. The molecule has 0 atom stereocenters. The van der Waals surface area contributed by atoms with Crippen LogP contribution >= 0.6 is 0 Å². The number of aryl methyl sites for hydroxylation is 1. The molecule has 1 saturated heterocycles. The monoisotopic (exact) mass is 399 g/mol. The van der Waals surface area contributed by atoms with Gasteiger partial charge in [0.1, 0.15) is 0 Å². The normalized spacial score (nSPS) is 14.2. The molecule has 1 aliphatic heterocycles. The van der Waals surface area contributed by atoms with Crippen LogP contribution in [0.1, 0.15) is 68.5 Å². The highest BCUT2D eigenvalue weighted by Gasteiger charge is 2.21. The highest BCUT2D eigenvalue weighted by atomic mass is 16.5. The van der Waals surface area contributed by atoms with E-state index >= 15 is 0 Å². The highest BCUT2D eigenvalue weighted by Crippen LogP contribution is 2.30. The first-order chi connectivity index (χ1) is 13.7. The number of anilines is 2. The van der Waals surface area contributed by atoms with Crippen molar-refractivity contribution < 1.29 is 14.1 Å². The maximum Gasteiger partial charge on any atom is 0.248 e. The first kappa shape index (κ1) is 20.8. The molecular weight excluding hydrogens is 370 g/mol. The van der Waals surface area contributed by atoms with E-state index in [0.717, 1.165) is 31.6 Å². The minimum absolute atomic E-state index is 0.123. The van der Waals surface area contributed by atoms with Crippen molar-refractivity contribution >= 4 is 23.2 Å². The Hall–Kier alpha value is -2.90. The summed E-state index contributed by atoms with van der Waals surface area (Å²) in [5.41, 5.74) is 7.16. The standard InChI is InChI=1S/C21H29N5O3/c1-21(2,3)20-24-18(29-25-20)8-6-7-17(27)23-15-13-14(19(22)28)9-10-16(15)26-11-4-5-12-26/h9-10,13H,4-8,11-12H2,1-3H3,(H2,22,28)(H,23,27). The second kappa shape index (κ2) is 8.63. The molecule has 1 fully saturated rings. The van der Waals surface area contributed by atoms with E-state index in [4.69, 9.17) is 10.3 Å². The van der Waals surface area contributed by atoms with E-state index in [1.54, 1.807) is 12.1 Å². The number of carbonyl (C=O) groups is 2. The molecule has 0 unspecified atom stereocenters. The summed E-state index contributed by atoms with van der Waals surface area (Å²) in [7, 11) is 0. The lowest BCUT2D eigenvalue weighted by atomic mass is 9.96. The lowest BCUT2D eigenvalue weighted by molar-refractivity contribution is -0.116. The Morgan fingerprint density at radius 3 is 2.59 bits per heavy atom. The fourth-order valence-electron chi connectivity index (χ4n) is 3.30. The van der Waals surface area contributed by atoms with E-state index in [-0.39, 0.29) is 11.3 Å². The molecule has 156 valence electrons. The third-order valence-corrected chi connectivity index (χ3v) is 4.94. The summed E-state index contributed by atoms with van der Waals surface area (Å²) in [5.74, 6) is 0.564. The molecule has 29 heavy (non-hydrogen) atoms. The Kier molecular flexibility index (Phi) is 6.20. The summed E-state index contributed by atoms with van der Waals surface area (Å²) in [6.07, 6.45) is 3.67. The van der Waals surface area contributed by atoms with Crippen molar-refractivity contribution in [1.29, 1.82) is 0 Å². The number of amides is 2. The second-order valence-corrected chi connectivity index (χ2v) is 8.45. The zero-order valence-electron chi connectivity index (χ0n) is 17.3. The number of carbonyl (C=O) groups excluding carboxylic acids is 2. The van der Waals surface area contributed by atoms with Crippen molar-refractivity contribution in [3.05, 3.63) is 35.5 Å². The van der Waals surface area contributed by atoms with E-state index in [9.17, 15) is 9.59 Å². The molecule has 0 spiro atoms. The number of hydrogen-bond donors (Lipinski definition) is 2. The SMILES string of the molecule is CC(C)(C)c1noc(CCCC(=O)Nc2cc(C(N)=O)ccc2N2CCCC2)n1. The summed E-state index contributed by atoms with van der Waals surface area (Å²) >= 11 is 0. The topological polar surface area (TPSA) is 114 Å². The van der Waals surface area contributed by atoms with Gasteiger partial charge in [0, 0.05) is 36.9 Å².